The Hall–Kier alpha value is -1.88. The molecule has 0 spiro atoms. The zero-order chi connectivity index (χ0) is 18.1. The Kier molecular flexibility index (Phi) is 4.74. The molecular weight excluding hydrogens is 326 g/mol. The minimum absolute atomic E-state index is 0.508. The predicted octanol–water partition coefficient (Wildman–Crippen LogP) is 2.95. The van der Waals surface area contributed by atoms with Crippen LogP contribution in [0.15, 0.2) is 42.5 Å². The number of rotatable bonds is 4. The van der Waals surface area contributed by atoms with Crippen LogP contribution in [0.1, 0.15) is 41.2 Å². The fraction of sp³-hybridized carbons (Fsp3) is 0.455. The second-order valence-corrected chi connectivity index (χ2v) is 7.68. The third-order valence-electron chi connectivity index (χ3n) is 5.77. The summed E-state index contributed by atoms with van der Waals surface area (Å²) in [5.74, 6) is 0.946. The minimum atomic E-state index is -0.752. The molecule has 138 valence electrons. The molecule has 4 nitrogen and oxygen atoms in total. The number of β-amino-alcohol motifs (C(OH)–C–C–N with tert-alkyl or cyclic N) is 1. The summed E-state index contributed by atoms with van der Waals surface area (Å²) in [7, 11) is 0. The summed E-state index contributed by atoms with van der Waals surface area (Å²) in [6.07, 6.45) is 1.80. The van der Waals surface area contributed by atoms with Crippen LogP contribution in [0.2, 0.25) is 0 Å². The lowest BCUT2D eigenvalue weighted by molar-refractivity contribution is -0.0345. The summed E-state index contributed by atoms with van der Waals surface area (Å²) in [5, 5.41) is 21.7. The molecule has 4 heteroatoms. The van der Waals surface area contributed by atoms with Crippen molar-refractivity contribution in [1.29, 1.82) is 0 Å². The summed E-state index contributed by atoms with van der Waals surface area (Å²) >= 11 is 0. The van der Waals surface area contributed by atoms with Crippen LogP contribution in [0.4, 0.5) is 0 Å². The fourth-order valence-corrected chi connectivity index (χ4v) is 4.09. The highest BCUT2D eigenvalue weighted by Crippen LogP contribution is 2.34. The molecule has 1 saturated heterocycles. The number of benzene rings is 2. The van der Waals surface area contributed by atoms with Crippen LogP contribution in [0.5, 0.6) is 5.75 Å². The molecule has 2 aliphatic rings. The van der Waals surface area contributed by atoms with Crippen molar-refractivity contribution in [2.24, 2.45) is 0 Å². The SMILES string of the molecule is Cc1cccc(C2(O)CCN(C[C@@H](O)c3ccc4c(c3)CCO4)CC2)c1. The van der Waals surface area contributed by atoms with Gasteiger partial charge in [-0.05, 0) is 48.6 Å². The Morgan fingerprint density at radius 2 is 1.96 bits per heavy atom. The van der Waals surface area contributed by atoms with E-state index >= 15 is 0 Å². The molecule has 0 aromatic heterocycles. The smallest absolute Gasteiger partial charge is 0.122 e. The average Bonchev–Trinajstić information content (AvgIpc) is 3.11. The molecule has 0 amide bonds. The maximum Gasteiger partial charge on any atom is 0.122 e. The fourth-order valence-electron chi connectivity index (χ4n) is 4.09. The van der Waals surface area contributed by atoms with E-state index in [0.29, 0.717) is 19.4 Å². The van der Waals surface area contributed by atoms with E-state index in [1.807, 2.05) is 24.3 Å². The van der Waals surface area contributed by atoms with Gasteiger partial charge in [-0.15, -0.1) is 0 Å². The minimum Gasteiger partial charge on any atom is -0.493 e. The third kappa shape index (κ3) is 3.50. The largest absolute Gasteiger partial charge is 0.493 e. The Bertz CT molecular complexity index is 781. The number of likely N-dealkylation sites (tertiary alicyclic amines) is 1. The summed E-state index contributed by atoms with van der Waals surface area (Å²) < 4.78 is 5.54. The maximum atomic E-state index is 11.0. The molecule has 0 saturated carbocycles. The second kappa shape index (κ2) is 7.03. The van der Waals surface area contributed by atoms with Crippen molar-refractivity contribution in [1.82, 2.24) is 4.90 Å². The van der Waals surface area contributed by atoms with Crippen molar-refractivity contribution >= 4 is 0 Å². The van der Waals surface area contributed by atoms with Gasteiger partial charge in [0.1, 0.15) is 5.75 Å². The topological polar surface area (TPSA) is 52.9 Å². The summed E-state index contributed by atoms with van der Waals surface area (Å²) in [6, 6.07) is 14.2. The number of nitrogens with zero attached hydrogens (tertiary/aromatic N) is 1. The molecule has 2 aromatic carbocycles. The van der Waals surface area contributed by atoms with Gasteiger partial charge in [-0.1, -0.05) is 35.9 Å². The highest BCUT2D eigenvalue weighted by Gasteiger charge is 2.34. The summed E-state index contributed by atoms with van der Waals surface area (Å²) in [4.78, 5) is 2.25. The number of aryl methyl sites for hydroxylation is 1. The van der Waals surface area contributed by atoms with Gasteiger partial charge in [0.2, 0.25) is 0 Å². The number of hydrogen-bond donors (Lipinski definition) is 2. The predicted molar refractivity (Wildman–Crippen MR) is 101 cm³/mol. The van der Waals surface area contributed by atoms with E-state index in [1.165, 1.54) is 11.1 Å². The molecule has 2 aromatic rings. The first-order chi connectivity index (χ1) is 12.5. The normalized spacial score (nSPS) is 20.4. The summed E-state index contributed by atoms with van der Waals surface area (Å²) in [5.41, 5.74) is 3.58. The maximum absolute atomic E-state index is 11.0. The highest BCUT2D eigenvalue weighted by molar-refractivity contribution is 5.40. The highest BCUT2D eigenvalue weighted by atomic mass is 16.5. The van der Waals surface area contributed by atoms with Crippen molar-refractivity contribution in [3.05, 3.63) is 64.7 Å². The molecule has 0 unspecified atom stereocenters. The van der Waals surface area contributed by atoms with Gasteiger partial charge in [0, 0.05) is 26.1 Å². The quantitative estimate of drug-likeness (QED) is 0.887. The number of ether oxygens (including phenoxy) is 1. The van der Waals surface area contributed by atoms with Gasteiger partial charge in [-0.3, -0.25) is 0 Å². The Morgan fingerprint density at radius 1 is 1.15 bits per heavy atom. The first kappa shape index (κ1) is 17.5. The first-order valence-electron chi connectivity index (χ1n) is 9.49. The molecule has 1 fully saturated rings. The van der Waals surface area contributed by atoms with Gasteiger partial charge in [0.15, 0.2) is 0 Å². The monoisotopic (exact) mass is 353 g/mol. The number of fused-ring (bicyclic) bond motifs is 1. The van der Waals surface area contributed by atoms with E-state index in [2.05, 4.69) is 30.0 Å². The molecule has 0 aliphatic carbocycles. The van der Waals surface area contributed by atoms with E-state index in [4.69, 9.17) is 4.74 Å². The van der Waals surface area contributed by atoms with Crippen molar-refractivity contribution < 1.29 is 14.9 Å². The number of aliphatic hydroxyl groups excluding tert-OH is 1. The standard InChI is InChI=1S/C22H27NO3/c1-16-3-2-4-19(13-16)22(25)8-10-23(11-9-22)15-20(24)17-5-6-21-18(14-17)7-12-26-21/h2-6,13-14,20,24-25H,7-12,15H2,1H3/t20-/m1/s1. The average molecular weight is 353 g/mol. The Balaban J connectivity index is 1.37. The molecular formula is C22H27NO3. The zero-order valence-corrected chi connectivity index (χ0v) is 15.3. The van der Waals surface area contributed by atoms with Gasteiger partial charge < -0.3 is 19.8 Å². The van der Waals surface area contributed by atoms with Crippen LogP contribution >= 0.6 is 0 Å². The van der Waals surface area contributed by atoms with Crippen molar-refractivity contribution in [3.63, 3.8) is 0 Å². The van der Waals surface area contributed by atoms with Gasteiger partial charge in [0.25, 0.3) is 0 Å². The van der Waals surface area contributed by atoms with Crippen LogP contribution in [-0.2, 0) is 12.0 Å². The molecule has 1 atom stereocenters. The van der Waals surface area contributed by atoms with E-state index in [9.17, 15) is 10.2 Å². The molecule has 2 N–H and O–H groups in total. The zero-order valence-electron chi connectivity index (χ0n) is 15.3. The lowest BCUT2D eigenvalue weighted by Gasteiger charge is -2.39. The van der Waals surface area contributed by atoms with Crippen molar-refractivity contribution in [2.45, 2.75) is 37.9 Å². The first-order valence-corrected chi connectivity index (χ1v) is 9.49. The van der Waals surface area contributed by atoms with Gasteiger partial charge >= 0.3 is 0 Å². The van der Waals surface area contributed by atoms with Gasteiger partial charge in [0.05, 0.1) is 18.3 Å². The van der Waals surface area contributed by atoms with E-state index in [0.717, 1.165) is 43.0 Å². The molecule has 0 bridgehead atoms. The second-order valence-electron chi connectivity index (χ2n) is 7.68. The van der Waals surface area contributed by atoms with Gasteiger partial charge in [-0.2, -0.15) is 0 Å². The third-order valence-corrected chi connectivity index (χ3v) is 5.77. The summed E-state index contributed by atoms with van der Waals surface area (Å²) in [6.45, 7) is 4.97. The lowest BCUT2D eigenvalue weighted by atomic mass is 9.84. The van der Waals surface area contributed by atoms with Crippen LogP contribution in [-0.4, -0.2) is 41.4 Å². The molecule has 0 radical (unpaired) electrons. The number of hydrogen-bond acceptors (Lipinski definition) is 4. The van der Waals surface area contributed by atoms with Crippen LogP contribution < -0.4 is 4.74 Å². The number of piperidine rings is 1. The van der Waals surface area contributed by atoms with E-state index < -0.39 is 11.7 Å². The van der Waals surface area contributed by atoms with Crippen molar-refractivity contribution in [3.8, 4) is 5.75 Å². The van der Waals surface area contributed by atoms with E-state index in [-0.39, 0.29) is 0 Å². The molecule has 2 aliphatic heterocycles. The van der Waals surface area contributed by atoms with Crippen LogP contribution in [0.3, 0.4) is 0 Å². The lowest BCUT2D eigenvalue weighted by Crippen LogP contribution is -2.44. The molecule has 2 heterocycles. The van der Waals surface area contributed by atoms with E-state index in [1.54, 1.807) is 0 Å². The Labute approximate surface area is 155 Å². The van der Waals surface area contributed by atoms with Crippen LogP contribution in [0, 0.1) is 6.92 Å². The molecule has 26 heavy (non-hydrogen) atoms. The number of aliphatic hydroxyl groups is 2. The van der Waals surface area contributed by atoms with Crippen LogP contribution in [0.25, 0.3) is 0 Å². The van der Waals surface area contributed by atoms with Crippen molar-refractivity contribution in [2.75, 3.05) is 26.2 Å². The Morgan fingerprint density at radius 3 is 2.73 bits per heavy atom. The van der Waals surface area contributed by atoms with Gasteiger partial charge in [-0.25, -0.2) is 0 Å². The molecule has 4 rings (SSSR count).